The number of ether oxygens (including phenoxy) is 1. The first-order valence-electron chi connectivity index (χ1n) is 9.45. The average molecular weight is 445 g/mol. The van der Waals surface area contributed by atoms with Crippen LogP contribution < -0.4 is 10.5 Å². The summed E-state index contributed by atoms with van der Waals surface area (Å²) in [5.41, 5.74) is 2.60. The first-order chi connectivity index (χ1) is 14.6. The molecule has 2 rings (SSSR count). The molecule has 0 aliphatic rings. The number of hydrogen-bond acceptors (Lipinski definition) is 6. The monoisotopic (exact) mass is 444 g/mol. The summed E-state index contributed by atoms with van der Waals surface area (Å²) in [6.07, 6.45) is 2.38. The number of carbonyl (C=O) groups excluding carboxylic acids is 2. The summed E-state index contributed by atoms with van der Waals surface area (Å²) in [7, 11) is -3.92. The molecule has 0 unspecified atom stereocenters. The fourth-order valence-electron chi connectivity index (χ4n) is 2.99. The van der Waals surface area contributed by atoms with E-state index in [4.69, 9.17) is 9.88 Å². The minimum atomic E-state index is -3.92. The number of nitrogens with zero attached hydrogens (tertiary/aromatic N) is 2. The minimum absolute atomic E-state index is 0.169. The van der Waals surface area contributed by atoms with E-state index in [1.807, 2.05) is 19.9 Å². The predicted molar refractivity (Wildman–Crippen MR) is 115 cm³/mol. The number of amides is 1. The van der Waals surface area contributed by atoms with Crippen molar-refractivity contribution in [1.82, 2.24) is 4.57 Å². The summed E-state index contributed by atoms with van der Waals surface area (Å²) >= 11 is 0. The Labute approximate surface area is 181 Å². The van der Waals surface area contributed by atoms with Gasteiger partial charge in [-0.3, -0.25) is 4.79 Å². The molecule has 0 saturated carbocycles. The molecule has 0 saturated heterocycles. The highest BCUT2D eigenvalue weighted by Gasteiger charge is 2.16. The quantitative estimate of drug-likeness (QED) is 0.363. The van der Waals surface area contributed by atoms with Crippen LogP contribution in [0.5, 0.6) is 0 Å². The third kappa shape index (κ3) is 6.28. The molecule has 164 valence electrons. The van der Waals surface area contributed by atoms with Gasteiger partial charge in [0.05, 0.1) is 4.90 Å². The van der Waals surface area contributed by atoms with Crippen LogP contribution in [0.15, 0.2) is 40.8 Å². The fourth-order valence-corrected chi connectivity index (χ4v) is 3.55. The number of esters is 1. The first kappa shape index (κ1) is 23.9. The zero-order valence-electron chi connectivity index (χ0n) is 17.5. The van der Waals surface area contributed by atoms with Gasteiger partial charge in [0.1, 0.15) is 11.6 Å². The number of nitrogens with one attached hydrogen (secondary N) is 1. The van der Waals surface area contributed by atoms with Crippen LogP contribution in [0.4, 0.5) is 5.69 Å². The summed E-state index contributed by atoms with van der Waals surface area (Å²) in [6, 6.07) is 9.01. The van der Waals surface area contributed by atoms with E-state index in [0.29, 0.717) is 0 Å². The molecule has 1 aromatic carbocycles. The van der Waals surface area contributed by atoms with Gasteiger partial charge < -0.3 is 14.6 Å². The van der Waals surface area contributed by atoms with Crippen LogP contribution in [0.25, 0.3) is 6.08 Å². The van der Waals surface area contributed by atoms with Gasteiger partial charge in [-0.25, -0.2) is 18.4 Å². The van der Waals surface area contributed by atoms with E-state index < -0.39 is 28.5 Å². The van der Waals surface area contributed by atoms with Gasteiger partial charge in [0.2, 0.25) is 10.0 Å². The molecule has 2 aromatic rings. The zero-order chi connectivity index (χ0) is 23.2. The Kier molecular flexibility index (Phi) is 7.74. The zero-order valence-corrected chi connectivity index (χ0v) is 18.3. The molecule has 0 radical (unpaired) electrons. The third-order valence-electron chi connectivity index (χ3n) is 4.48. The van der Waals surface area contributed by atoms with E-state index >= 15 is 0 Å². The first-order valence-corrected chi connectivity index (χ1v) is 11.0. The largest absolute Gasteiger partial charge is 0.451 e. The van der Waals surface area contributed by atoms with Gasteiger partial charge in [0.25, 0.3) is 5.91 Å². The summed E-state index contributed by atoms with van der Waals surface area (Å²) in [5.74, 6) is -1.63. The van der Waals surface area contributed by atoms with Crippen molar-refractivity contribution in [2.75, 3.05) is 11.9 Å². The van der Waals surface area contributed by atoms with Gasteiger partial charge in [0.15, 0.2) is 6.61 Å². The number of aromatic nitrogens is 1. The highest BCUT2D eigenvalue weighted by atomic mass is 32.2. The molecule has 31 heavy (non-hydrogen) atoms. The SMILES string of the molecule is CCCn1c(C)cc(/C=C(\C#N)C(=O)OCC(=O)Nc2cccc(S(N)(=O)=O)c2)c1C. The van der Waals surface area contributed by atoms with Gasteiger partial charge >= 0.3 is 5.97 Å². The Balaban J connectivity index is 2.06. The number of rotatable bonds is 8. The van der Waals surface area contributed by atoms with Crippen LogP contribution in [-0.4, -0.2) is 31.5 Å². The summed E-state index contributed by atoms with van der Waals surface area (Å²) in [4.78, 5) is 24.1. The van der Waals surface area contributed by atoms with Gasteiger partial charge in [0, 0.05) is 23.6 Å². The molecule has 0 aliphatic heterocycles. The summed E-state index contributed by atoms with van der Waals surface area (Å²) in [5, 5.41) is 16.8. The number of nitriles is 1. The number of sulfonamides is 1. The van der Waals surface area contributed by atoms with Crippen molar-refractivity contribution < 1.29 is 22.7 Å². The lowest BCUT2D eigenvalue weighted by molar-refractivity contribution is -0.142. The van der Waals surface area contributed by atoms with E-state index in [9.17, 15) is 23.3 Å². The molecule has 1 aromatic heterocycles. The third-order valence-corrected chi connectivity index (χ3v) is 5.39. The lowest BCUT2D eigenvalue weighted by Crippen LogP contribution is -2.21. The fraction of sp³-hybridized carbons (Fsp3) is 0.286. The lowest BCUT2D eigenvalue weighted by Gasteiger charge is -2.08. The van der Waals surface area contributed by atoms with Gasteiger partial charge in [-0.1, -0.05) is 13.0 Å². The Morgan fingerprint density at radius 3 is 2.61 bits per heavy atom. The molecule has 0 atom stereocenters. The maximum absolute atomic E-state index is 12.3. The van der Waals surface area contributed by atoms with Crippen LogP contribution in [0.3, 0.4) is 0 Å². The predicted octanol–water partition coefficient (Wildman–Crippen LogP) is 2.25. The number of hydrogen-bond donors (Lipinski definition) is 2. The van der Waals surface area contributed by atoms with E-state index in [0.717, 1.165) is 29.9 Å². The van der Waals surface area contributed by atoms with Crippen LogP contribution in [-0.2, 0) is 30.9 Å². The molecule has 0 aliphatic carbocycles. The van der Waals surface area contributed by atoms with Crippen LogP contribution >= 0.6 is 0 Å². The molecule has 1 amide bonds. The molecule has 1 heterocycles. The standard InChI is InChI=1S/C21H24N4O5S/c1-4-8-25-14(2)9-16(15(25)3)10-17(12-22)21(27)30-13-20(26)24-18-6-5-7-19(11-18)31(23,28)29/h5-7,9-11H,4,8,13H2,1-3H3,(H,24,26)(H2,23,28,29)/b17-10+. The van der Waals surface area contributed by atoms with Gasteiger partial charge in [-0.2, -0.15) is 5.26 Å². The van der Waals surface area contributed by atoms with Crippen LogP contribution in [0.1, 0.15) is 30.3 Å². The number of benzene rings is 1. The number of carbonyl (C=O) groups is 2. The second-order valence-corrected chi connectivity index (χ2v) is 8.41. The molecular formula is C21H24N4O5S. The van der Waals surface area contributed by atoms with E-state index in [-0.39, 0.29) is 16.2 Å². The highest BCUT2D eigenvalue weighted by molar-refractivity contribution is 7.89. The Bertz CT molecular complexity index is 1170. The molecule has 0 spiro atoms. The summed E-state index contributed by atoms with van der Waals surface area (Å²) in [6.45, 7) is 6.08. The number of anilines is 1. The topological polar surface area (TPSA) is 144 Å². The Morgan fingerprint density at radius 2 is 2.00 bits per heavy atom. The van der Waals surface area contributed by atoms with E-state index in [1.165, 1.54) is 30.3 Å². The molecule has 0 bridgehead atoms. The van der Waals surface area contributed by atoms with Crippen molar-refractivity contribution in [2.45, 2.75) is 38.6 Å². The smallest absolute Gasteiger partial charge is 0.349 e. The van der Waals surface area contributed by atoms with Crippen molar-refractivity contribution in [3.8, 4) is 6.07 Å². The van der Waals surface area contributed by atoms with Crippen molar-refractivity contribution in [3.63, 3.8) is 0 Å². The minimum Gasteiger partial charge on any atom is -0.451 e. The number of aryl methyl sites for hydroxylation is 1. The second-order valence-electron chi connectivity index (χ2n) is 6.85. The maximum Gasteiger partial charge on any atom is 0.349 e. The maximum atomic E-state index is 12.3. The normalized spacial score (nSPS) is 11.6. The van der Waals surface area contributed by atoms with Crippen LogP contribution in [0.2, 0.25) is 0 Å². The van der Waals surface area contributed by atoms with Crippen molar-refractivity contribution in [3.05, 3.63) is 52.9 Å². The number of nitrogens with two attached hydrogens (primary N) is 1. The Hall–Kier alpha value is -3.42. The van der Waals surface area contributed by atoms with Crippen molar-refractivity contribution in [2.24, 2.45) is 5.14 Å². The molecule has 3 N–H and O–H groups in total. The highest BCUT2D eigenvalue weighted by Crippen LogP contribution is 2.19. The summed E-state index contributed by atoms with van der Waals surface area (Å²) < 4.78 is 29.8. The second kappa shape index (κ2) is 10.1. The van der Waals surface area contributed by atoms with E-state index in [2.05, 4.69) is 16.8 Å². The van der Waals surface area contributed by atoms with E-state index in [1.54, 1.807) is 6.07 Å². The average Bonchev–Trinajstić information content (AvgIpc) is 2.97. The van der Waals surface area contributed by atoms with Crippen LogP contribution in [0, 0.1) is 25.2 Å². The van der Waals surface area contributed by atoms with Gasteiger partial charge in [-0.05, 0) is 56.2 Å². The molecule has 10 heteroatoms. The van der Waals surface area contributed by atoms with Gasteiger partial charge in [-0.15, -0.1) is 0 Å². The molecule has 9 nitrogen and oxygen atoms in total. The van der Waals surface area contributed by atoms with Crippen molar-refractivity contribution >= 4 is 33.7 Å². The van der Waals surface area contributed by atoms with Crippen molar-refractivity contribution in [1.29, 1.82) is 5.26 Å². The lowest BCUT2D eigenvalue weighted by atomic mass is 10.1. The Morgan fingerprint density at radius 1 is 1.29 bits per heavy atom. The molecular weight excluding hydrogens is 420 g/mol. The number of primary sulfonamides is 1. The molecule has 0 fully saturated rings.